The Bertz CT molecular complexity index is 1320. The third-order valence-corrected chi connectivity index (χ3v) is 4.88. The van der Waals surface area contributed by atoms with Crippen LogP contribution in [-0.2, 0) is 0 Å². The normalized spacial score (nSPS) is 11.3. The first-order valence-electron chi connectivity index (χ1n) is 8.20. The second-order valence-corrected chi connectivity index (χ2v) is 6.87. The second kappa shape index (κ2) is 7.38. The summed E-state index contributed by atoms with van der Waals surface area (Å²) in [5, 5.41) is 4.27. The van der Waals surface area contributed by atoms with Crippen molar-refractivity contribution in [2.75, 3.05) is 5.32 Å². The van der Waals surface area contributed by atoms with Gasteiger partial charge in [-0.1, -0.05) is 23.2 Å². The third kappa shape index (κ3) is 3.41. The van der Waals surface area contributed by atoms with E-state index in [1.165, 1.54) is 18.6 Å². The zero-order valence-corrected chi connectivity index (χ0v) is 15.9. The molecule has 0 aliphatic rings. The van der Waals surface area contributed by atoms with E-state index >= 15 is 0 Å². The first-order valence-corrected chi connectivity index (χ1v) is 8.96. The lowest BCUT2D eigenvalue weighted by molar-refractivity contribution is 0.0679. The summed E-state index contributed by atoms with van der Waals surface area (Å²) in [6, 6.07) is 5.49. The van der Waals surface area contributed by atoms with Crippen LogP contribution in [0.2, 0.25) is 10.0 Å². The number of alkyl halides is 2. The number of carbonyl (C=O) groups excluding carboxylic acids is 1. The molecule has 4 rings (SSSR count). The number of fused-ring (bicyclic) bond motifs is 3. The number of H-pyrrole nitrogens is 1. The predicted octanol–water partition coefficient (Wildman–Crippen LogP) is 4.97. The number of aromatic amines is 1. The lowest BCUT2D eigenvalue weighted by atomic mass is 10.1. The standard InChI is InChI=1S/C19H10Cl2F2N4O2/c20-11-5-8(16(28)17(22)23)6-12(21)15(11)27-18-9-1-4-25-19(29)14(9)10-7-24-3-2-13(10)26-18/h1-7,17H,(H,25,29)(H,26,27). The van der Waals surface area contributed by atoms with E-state index in [9.17, 15) is 18.4 Å². The summed E-state index contributed by atoms with van der Waals surface area (Å²) in [4.78, 5) is 35.1. The Kier molecular flexibility index (Phi) is 4.89. The first kappa shape index (κ1) is 19.2. The maximum absolute atomic E-state index is 12.7. The number of hydrogen-bond acceptors (Lipinski definition) is 5. The summed E-state index contributed by atoms with van der Waals surface area (Å²) in [7, 11) is 0. The summed E-state index contributed by atoms with van der Waals surface area (Å²) in [5.74, 6) is -1.10. The van der Waals surface area contributed by atoms with Gasteiger partial charge in [0.25, 0.3) is 5.56 Å². The van der Waals surface area contributed by atoms with Crippen molar-refractivity contribution in [2.45, 2.75) is 6.43 Å². The number of hydrogen-bond donors (Lipinski definition) is 2. The first-order chi connectivity index (χ1) is 13.9. The predicted molar refractivity (Wildman–Crippen MR) is 108 cm³/mol. The van der Waals surface area contributed by atoms with Crippen molar-refractivity contribution in [3.8, 4) is 0 Å². The van der Waals surface area contributed by atoms with Crippen LogP contribution in [0.3, 0.4) is 0 Å². The smallest absolute Gasteiger partial charge is 0.300 e. The lowest BCUT2D eigenvalue weighted by Crippen LogP contribution is -2.11. The van der Waals surface area contributed by atoms with E-state index < -0.39 is 12.2 Å². The third-order valence-electron chi connectivity index (χ3n) is 4.28. The molecule has 0 saturated heterocycles. The minimum atomic E-state index is -3.17. The van der Waals surface area contributed by atoms with Crippen LogP contribution in [0.4, 0.5) is 20.3 Å². The number of benzene rings is 1. The highest BCUT2D eigenvalue weighted by molar-refractivity contribution is 6.40. The van der Waals surface area contributed by atoms with Gasteiger partial charge in [0, 0.05) is 34.9 Å². The fourth-order valence-electron chi connectivity index (χ4n) is 2.98. The van der Waals surface area contributed by atoms with Crippen LogP contribution in [0.15, 0.2) is 47.7 Å². The van der Waals surface area contributed by atoms with Gasteiger partial charge in [-0.05, 0) is 24.3 Å². The van der Waals surface area contributed by atoms with Gasteiger partial charge in [0.05, 0.1) is 26.6 Å². The summed E-state index contributed by atoms with van der Waals surface area (Å²) in [6.07, 6.45) is 1.36. The SMILES string of the molecule is O=C(c1cc(Cl)c(Nc2nc3ccncc3c3c(=O)[nH]ccc23)c(Cl)c1)C(F)F. The van der Waals surface area contributed by atoms with E-state index in [4.69, 9.17) is 23.2 Å². The zero-order valence-electron chi connectivity index (χ0n) is 14.3. The van der Waals surface area contributed by atoms with Crippen LogP contribution in [0, 0.1) is 0 Å². The molecular weight excluding hydrogens is 425 g/mol. The molecule has 6 nitrogen and oxygen atoms in total. The van der Waals surface area contributed by atoms with Crippen molar-refractivity contribution in [1.82, 2.24) is 15.0 Å². The average Bonchev–Trinajstić information content (AvgIpc) is 2.69. The van der Waals surface area contributed by atoms with Crippen molar-refractivity contribution in [3.63, 3.8) is 0 Å². The number of nitrogens with zero attached hydrogens (tertiary/aromatic N) is 2. The average molecular weight is 435 g/mol. The molecule has 0 saturated carbocycles. The molecule has 4 aromatic rings. The maximum atomic E-state index is 12.7. The van der Waals surface area contributed by atoms with Crippen LogP contribution in [0.5, 0.6) is 0 Å². The summed E-state index contributed by atoms with van der Waals surface area (Å²) < 4.78 is 25.4. The largest absolute Gasteiger partial charge is 0.337 e. The number of pyridine rings is 3. The summed E-state index contributed by atoms with van der Waals surface area (Å²) in [6.45, 7) is 0. The van der Waals surface area contributed by atoms with Gasteiger partial charge in [-0.25, -0.2) is 13.8 Å². The Morgan fingerprint density at radius 1 is 1.14 bits per heavy atom. The number of Topliss-reactive ketones (excluding diaryl/α,β-unsaturated/α-hetero) is 1. The van der Waals surface area contributed by atoms with E-state index in [0.29, 0.717) is 21.7 Å². The van der Waals surface area contributed by atoms with Crippen molar-refractivity contribution in [2.24, 2.45) is 0 Å². The Morgan fingerprint density at radius 3 is 2.55 bits per heavy atom. The molecule has 3 heterocycles. The van der Waals surface area contributed by atoms with Crippen LogP contribution < -0.4 is 10.9 Å². The molecule has 10 heteroatoms. The highest BCUT2D eigenvalue weighted by atomic mass is 35.5. The molecular formula is C19H10Cl2F2N4O2. The van der Waals surface area contributed by atoms with E-state index in [1.54, 1.807) is 12.1 Å². The van der Waals surface area contributed by atoms with Gasteiger partial charge in [0.2, 0.25) is 5.78 Å². The number of halogens is 4. The zero-order chi connectivity index (χ0) is 20.7. The molecule has 146 valence electrons. The molecule has 3 aromatic heterocycles. The van der Waals surface area contributed by atoms with Gasteiger partial charge < -0.3 is 10.3 Å². The van der Waals surface area contributed by atoms with Crippen LogP contribution in [-0.4, -0.2) is 27.2 Å². The molecule has 0 unspecified atom stereocenters. The van der Waals surface area contributed by atoms with E-state index in [1.807, 2.05) is 0 Å². The van der Waals surface area contributed by atoms with E-state index in [2.05, 4.69) is 20.3 Å². The molecule has 0 fully saturated rings. The molecule has 0 amide bonds. The summed E-state index contributed by atoms with van der Waals surface area (Å²) >= 11 is 12.4. The fraction of sp³-hybridized carbons (Fsp3) is 0.0526. The molecule has 0 atom stereocenters. The molecule has 2 N–H and O–H groups in total. The van der Waals surface area contributed by atoms with Gasteiger partial charge in [-0.3, -0.25) is 14.6 Å². The van der Waals surface area contributed by atoms with Crippen LogP contribution in [0.25, 0.3) is 21.7 Å². The molecule has 0 radical (unpaired) electrons. The Balaban J connectivity index is 1.90. The molecule has 29 heavy (non-hydrogen) atoms. The van der Waals surface area contributed by atoms with Gasteiger partial charge in [0.15, 0.2) is 0 Å². The van der Waals surface area contributed by atoms with Crippen LogP contribution >= 0.6 is 23.2 Å². The number of nitrogens with one attached hydrogen (secondary N) is 2. The van der Waals surface area contributed by atoms with Crippen molar-refractivity contribution < 1.29 is 13.6 Å². The van der Waals surface area contributed by atoms with Gasteiger partial charge in [0.1, 0.15) is 5.82 Å². The number of carbonyl (C=O) groups is 1. The minimum Gasteiger partial charge on any atom is -0.337 e. The quantitative estimate of drug-likeness (QED) is 0.349. The molecule has 0 aliphatic carbocycles. The van der Waals surface area contributed by atoms with Crippen molar-refractivity contribution in [3.05, 3.63) is 68.8 Å². The fourth-order valence-corrected chi connectivity index (χ4v) is 3.56. The maximum Gasteiger partial charge on any atom is 0.300 e. The van der Waals surface area contributed by atoms with Crippen LogP contribution in [0.1, 0.15) is 10.4 Å². The summed E-state index contributed by atoms with van der Waals surface area (Å²) in [5.41, 5.74) is 0.0329. The van der Waals surface area contributed by atoms with Gasteiger partial charge in [-0.2, -0.15) is 0 Å². The number of rotatable bonds is 4. The molecule has 0 aliphatic heterocycles. The molecule has 0 bridgehead atoms. The highest BCUT2D eigenvalue weighted by Crippen LogP contribution is 2.36. The molecule has 0 spiro atoms. The Morgan fingerprint density at radius 2 is 1.86 bits per heavy atom. The Labute approximate surface area is 171 Å². The number of anilines is 2. The van der Waals surface area contributed by atoms with Gasteiger partial charge >= 0.3 is 6.43 Å². The monoisotopic (exact) mass is 434 g/mol. The topological polar surface area (TPSA) is 87.7 Å². The van der Waals surface area contributed by atoms with E-state index in [0.717, 1.165) is 12.1 Å². The number of ketones is 1. The van der Waals surface area contributed by atoms with Gasteiger partial charge in [-0.15, -0.1) is 0 Å². The highest BCUT2D eigenvalue weighted by Gasteiger charge is 2.21. The Hall–Kier alpha value is -3.10. The molecule has 1 aromatic carbocycles. The van der Waals surface area contributed by atoms with Crippen molar-refractivity contribution in [1.29, 1.82) is 0 Å². The lowest BCUT2D eigenvalue weighted by Gasteiger charge is -2.14. The van der Waals surface area contributed by atoms with E-state index in [-0.39, 0.29) is 32.7 Å². The minimum absolute atomic E-state index is 0.0453. The number of aromatic nitrogens is 3. The second-order valence-electron chi connectivity index (χ2n) is 6.05. The van der Waals surface area contributed by atoms with Crippen molar-refractivity contribution >= 4 is 62.2 Å².